The number of guanidine groups is 1. The maximum atomic E-state index is 5.73. The molecule has 0 amide bonds. The Morgan fingerprint density at radius 2 is 2.31 bits per heavy atom. The lowest BCUT2D eigenvalue weighted by atomic mass is 10.1. The minimum absolute atomic E-state index is 0. The maximum absolute atomic E-state index is 5.73. The summed E-state index contributed by atoms with van der Waals surface area (Å²) in [6.07, 6.45) is 4.23. The first-order valence-corrected chi connectivity index (χ1v) is 9.30. The summed E-state index contributed by atoms with van der Waals surface area (Å²) >= 11 is 0. The SMILES string of the molecule is CN=C(NCCCOCC1CCOC1)NC1CCCn2nc(C)nc21.I. The summed E-state index contributed by atoms with van der Waals surface area (Å²) in [5.74, 6) is 3.23. The molecule has 0 radical (unpaired) electrons. The number of hydrogen-bond acceptors (Lipinski definition) is 5. The molecular formula is C17H31IN6O2. The predicted molar refractivity (Wildman–Crippen MR) is 111 cm³/mol. The molecule has 1 aromatic heterocycles. The summed E-state index contributed by atoms with van der Waals surface area (Å²) in [5, 5.41) is 11.3. The molecule has 2 aliphatic rings. The van der Waals surface area contributed by atoms with Crippen molar-refractivity contribution in [1.29, 1.82) is 0 Å². The van der Waals surface area contributed by atoms with Crippen molar-refractivity contribution < 1.29 is 9.47 Å². The van der Waals surface area contributed by atoms with Crippen molar-refractivity contribution in [2.24, 2.45) is 10.9 Å². The Kier molecular flexibility index (Phi) is 9.06. The Bertz CT molecular complexity index is 574. The molecule has 9 heteroatoms. The molecule has 1 aromatic rings. The van der Waals surface area contributed by atoms with E-state index in [1.54, 1.807) is 7.05 Å². The molecule has 0 aliphatic carbocycles. The minimum atomic E-state index is 0. The van der Waals surface area contributed by atoms with Crippen LogP contribution in [0.25, 0.3) is 0 Å². The first kappa shape index (κ1) is 21.4. The van der Waals surface area contributed by atoms with E-state index in [2.05, 4.69) is 25.7 Å². The van der Waals surface area contributed by atoms with Crippen molar-refractivity contribution in [3.8, 4) is 0 Å². The lowest BCUT2D eigenvalue weighted by Gasteiger charge is -2.25. The first-order valence-electron chi connectivity index (χ1n) is 9.30. The van der Waals surface area contributed by atoms with Gasteiger partial charge in [0.15, 0.2) is 5.96 Å². The lowest BCUT2D eigenvalue weighted by molar-refractivity contribution is 0.0888. The average Bonchev–Trinajstić information content (AvgIpc) is 3.25. The van der Waals surface area contributed by atoms with Gasteiger partial charge in [-0.15, -0.1) is 24.0 Å². The van der Waals surface area contributed by atoms with Gasteiger partial charge in [-0.1, -0.05) is 0 Å². The molecule has 0 aromatic carbocycles. The molecular weight excluding hydrogens is 447 g/mol. The van der Waals surface area contributed by atoms with E-state index in [9.17, 15) is 0 Å². The third-order valence-corrected chi connectivity index (χ3v) is 4.65. The van der Waals surface area contributed by atoms with Crippen molar-refractivity contribution in [2.45, 2.75) is 45.2 Å². The Hall–Kier alpha value is -0.940. The zero-order valence-corrected chi connectivity index (χ0v) is 18.1. The van der Waals surface area contributed by atoms with Crippen molar-refractivity contribution >= 4 is 29.9 Å². The van der Waals surface area contributed by atoms with Gasteiger partial charge < -0.3 is 20.1 Å². The quantitative estimate of drug-likeness (QED) is 0.268. The van der Waals surface area contributed by atoms with E-state index in [0.29, 0.717) is 5.92 Å². The van der Waals surface area contributed by atoms with Gasteiger partial charge in [0.1, 0.15) is 11.6 Å². The Morgan fingerprint density at radius 3 is 3.08 bits per heavy atom. The lowest BCUT2D eigenvalue weighted by Crippen LogP contribution is -2.42. The molecule has 1 fully saturated rings. The summed E-state index contributed by atoms with van der Waals surface area (Å²) in [7, 11) is 1.80. The molecule has 2 unspecified atom stereocenters. The second-order valence-electron chi connectivity index (χ2n) is 6.74. The predicted octanol–water partition coefficient (Wildman–Crippen LogP) is 1.65. The van der Waals surface area contributed by atoms with E-state index in [-0.39, 0.29) is 30.0 Å². The summed E-state index contributed by atoms with van der Waals surface area (Å²) in [6, 6.07) is 0.166. The van der Waals surface area contributed by atoms with Gasteiger partial charge in [-0.2, -0.15) is 5.10 Å². The summed E-state index contributed by atoms with van der Waals surface area (Å²) in [5.41, 5.74) is 0. The van der Waals surface area contributed by atoms with Crippen LogP contribution >= 0.6 is 24.0 Å². The van der Waals surface area contributed by atoms with E-state index in [4.69, 9.17) is 9.47 Å². The number of aryl methyl sites for hydroxylation is 2. The van der Waals surface area contributed by atoms with Crippen LogP contribution in [0.3, 0.4) is 0 Å². The summed E-state index contributed by atoms with van der Waals surface area (Å²) < 4.78 is 13.1. The van der Waals surface area contributed by atoms with Gasteiger partial charge in [0.25, 0.3) is 0 Å². The third-order valence-electron chi connectivity index (χ3n) is 4.65. The van der Waals surface area contributed by atoms with E-state index >= 15 is 0 Å². The number of rotatable bonds is 7. The van der Waals surface area contributed by atoms with Crippen LogP contribution in [0.15, 0.2) is 4.99 Å². The van der Waals surface area contributed by atoms with Gasteiger partial charge in [-0.3, -0.25) is 4.99 Å². The number of fused-ring (bicyclic) bond motifs is 1. The Labute approximate surface area is 172 Å². The van der Waals surface area contributed by atoms with Crippen LogP contribution in [-0.2, 0) is 16.0 Å². The fourth-order valence-electron chi connectivity index (χ4n) is 3.31. The van der Waals surface area contributed by atoms with E-state index in [1.807, 2.05) is 11.6 Å². The molecule has 3 heterocycles. The normalized spacial score (nSPS) is 22.6. The third kappa shape index (κ3) is 6.05. The Balaban J connectivity index is 0.00000243. The largest absolute Gasteiger partial charge is 0.381 e. The number of aromatic nitrogens is 3. The number of hydrogen-bond donors (Lipinski definition) is 2. The number of aliphatic imine (C=N–C) groups is 1. The first-order chi connectivity index (χ1) is 12.3. The van der Waals surface area contributed by atoms with Crippen molar-refractivity contribution in [3.05, 3.63) is 11.6 Å². The van der Waals surface area contributed by atoms with E-state index in [1.165, 1.54) is 0 Å². The van der Waals surface area contributed by atoms with Gasteiger partial charge >= 0.3 is 0 Å². The van der Waals surface area contributed by atoms with Crippen LogP contribution < -0.4 is 10.6 Å². The van der Waals surface area contributed by atoms with Gasteiger partial charge in [0.2, 0.25) is 0 Å². The highest BCUT2D eigenvalue weighted by Crippen LogP contribution is 2.22. The average molecular weight is 478 g/mol. The highest BCUT2D eigenvalue weighted by atomic mass is 127. The van der Waals surface area contributed by atoms with E-state index < -0.39 is 0 Å². The van der Waals surface area contributed by atoms with Crippen LogP contribution in [0.2, 0.25) is 0 Å². The second-order valence-corrected chi connectivity index (χ2v) is 6.74. The molecule has 1 saturated heterocycles. The zero-order valence-electron chi connectivity index (χ0n) is 15.7. The molecule has 0 saturated carbocycles. The van der Waals surface area contributed by atoms with Crippen molar-refractivity contribution in [1.82, 2.24) is 25.4 Å². The van der Waals surface area contributed by atoms with Crippen molar-refractivity contribution in [3.63, 3.8) is 0 Å². The van der Waals surface area contributed by atoms with Crippen LogP contribution in [0.1, 0.15) is 43.4 Å². The fourth-order valence-corrected chi connectivity index (χ4v) is 3.31. The number of nitrogens with one attached hydrogen (secondary N) is 2. The van der Waals surface area contributed by atoms with Crippen LogP contribution in [0.4, 0.5) is 0 Å². The Morgan fingerprint density at radius 1 is 1.42 bits per heavy atom. The second kappa shape index (κ2) is 11.0. The number of nitrogens with zero attached hydrogens (tertiary/aromatic N) is 4. The molecule has 8 nitrogen and oxygen atoms in total. The van der Waals surface area contributed by atoms with Crippen molar-refractivity contribution in [2.75, 3.05) is 40.0 Å². The van der Waals surface area contributed by atoms with Gasteiger partial charge in [0.05, 0.1) is 19.3 Å². The summed E-state index contributed by atoms with van der Waals surface area (Å²) in [6.45, 7) is 7.02. The van der Waals surface area contributed by atoms with Gasteiger partial charge in [-0.05, 0) is 32.6 Å². The standard InChI is InChI=1S/C17H30N6O2.HI/c1-13-20-16-15(5-3-8-23(16)22-13)21-17(18-2)19-7-4-9-24-11-14-6-10-25-12-14;/h14-15H,3-12H2,1-2H3,(H2,18,19,21);1H. The van der Waals surface area contributed by atoms with Crippen LogP contribution in [0, 0.1) is 12.8 Å². The molecule has 26 heavy (non-hydrogen) atoms. The number of ether oxygens (including phenoxy) is 2. The van der Waals surface area contributed by atoms with Gasteiger partial charge in [-0.25, -0.2) is 9.67 Å². The minimum Gasteiger partial charge on any atom is -0.381 e. The fraction of sp³-hybridized carbons (Fsp3) is 0.824. The highest BCUT2D eigenvalue weighted by Gasteiger charge is 2.24. The molecule has 2 aliphatic heterocycles. The van der Waals surface area contributed by atoms with Crippen LogP contribution in [-0.4, -0.2) is 60.7 Å². The molecule has 148 valence electrons. The molecule has 0 bridgehead atoms. The highest BCUT2D eigenvalue weighted by molar-refractivity contribution is 14.0. The topological polar surface area (TPSA) is 85.6 Å². The molecule has 2 atom stereocenters. The van der Waals surface area contributed by atoms with Crippen LogP contribution in [0.5, 0.6) is 0 Å². The molecule has 0 spiro atoms. The van der Waals surface area contributed by atoms with E-state index in [0.717, 1.165) is 82.8 Å². The monoisotopic (exact) mass is 478 g/mol. The van der Waals surface area contributed by atoms with Gasteiger partial charge in [0, 0.05) is 39.3 Å². The number of halogens is 1. The molecule has 2 N–H and O–H groups in total. The zero-order chi connectivity index (χ0) is 17.5. The molecule has 3 rings (SSSR count). The summed E-state index contributed by atoms with van der Waals surface area (Å²) in [4.78, 5) is 8.88. The maximum Gasteiger partial charge on any atom is 0.191 e. The smallest absolute Gasteiger partial charge is 0.191 e.